The maximum Gasteiger partial charge on any atom is 0.272 e. The number of methoxy groups -OCH3 is 1. The van der Waals surface area contributed by atoms with Gasteiger partial charge in [0, 0.05) is 16.6 Å². The number of anilines is 1. The summed E-state index contributed by atoms with van der Waals surface area (Å²) in [5, 5.41) is 3.88. The van der Waals surface area contributed by atoms with E-state index in [4.69, 9.17) is 4.74 Å². The van der Waals surface area contributed by atoms with Crippen LogP contribution in [-0.2, 0) is 0 Å². The van der Waals surface area contributed by atoms with Crippen LogP contribution in [0.3, 0.4) is 0 Å². The molecule has 0 aliphatic heterocycles. The van der Waals surface area contributed by atoms with Crippen LogP contribution in [0.5, 0.6) is 5.75 Å². The molecule has 2 aromatic carbocycles. The predicted octanol–water partition coefficient (Wildman–Crippen LogP) is 4.05. The van der Waals surface area contributed by atoms with E-state index >= 15 is 0 Å². The molecule has 0 aliphatic rings. The standard InChI is InChI=1S/C18H18N2O2/c1-11-6-12(2)8-14(7-11)19-18(21)17-10-13-9-15(22-3)4-5-16(13)20-17/h4-10,20H,1-3H3,(H,19,21). The van der Waals surface area contributed by atoms with Crippen LogP contribution in [0.15, 0.2) is 42.5 Å². The molecule has 0 radical (unpaired) electrons. The van der Waals surface area contributed by atoms with Gasteiger partial charge < -0.3 is 15.0 Å². The number of ether oxygens (including phenoxy) is 1. The first-order chi connectivity index (χ1) is 10.5. The third kappa shape index (κ3) is 2.81. The van der Waals surface area contributed by atoms with Gasteiger partial charge in [-0.3, -0.25) is 4.79 Å². The Morgan fingerprint density at radius 1 is 1.05 bits per heavy atom. The molecule has 2 N–H and O–H groups in total. The topological polar surface area (TPSA) is 54.1 Å². The Kier molecular flexibility index (Phi) is 3.59. The molecule has 4 nitrogen and oxygen atoms in total. The number of aromatic nitrogens is 1. The van der Waals surface area contributed by atoms with Crippen molar-refractivity contribution in [1.82, 2.24) is 4.98 Å². The average Bonchev–Trinajstić information content (AvgIpc) is 2.89. The number of hydrogen-bond donors (Lipinski definition) is 2. The van der Waals surface area contributed by atoms with Crippen LogP contribution in [0.2, 0.25) is 0 Å². The van der Waals surface area contributed by atoms with Crippen LogP contribution >= 0.6 is 0 Å². The van der Waals surface area contributed by atoms with Gasteiger partial charge in [-0.05, 0) is 61.4 Å². The quantitative estimate of drug-likeness (QED) is 0.765. The van der Waals surface area contributed by atoms with Gasteiger partial charge in [0.05, 0.1) is 7.11 Å². The van der Waals surface area contributed by atoms with Gasteiger partial charge in [-0.15, -0.1) is 0 Å². The van der Waals surface area contributed by atoms with Crippen LogP contribution in [0.1, 0.15) is 21.6 Å². The van der Waals surface area contributed by atoms with E-state index < -0.39 is 0 Å². The Balaban J connectivity index is 1.88. The molecule has 1 heterocycles. The SMILES string of the molecule is COc1ccc2[nH]c(C(=O)Nc3cc(C)cc(C)c3)cc2c1. The molecule has 0 spiro atoms. The first-order valence-electron chi connectivity index (χ1n) is 7.11. The lowest BCUT2D eigenvalue weighted by Gasteiger charge is -2.06. The van der Waals surface area contributed by atoms with Gasteiger partial charge in [-0.2, -0.15) is 0 Å². The van der Waals surface area contributed by atoms with E-state index in [1.54, 1.807) is 7.11 Å². The summed E-state index contributed by atoms with van der Waals surface area (Å²) in [6.07, 6.45) is 0. The number of aromatic amines is 1. The predicted molar refractivity (Wildman–Crippen MR) is 88.7 cm³/mol. The highest BCUT2D eigenvalue weighted by molar-refractivity contribution is 6.06. The number of carbonyl (C=O) groups excluding carboxylic acids is 1. The number of carbonyl (C=O) groups is 1. The fraction of sp³-hybridized carbons (Fsp3) is 0.167. The lowest BCUT2D eigenvalue weighted by atomic mass is 10.1. The average molecular weight is 294 g/mol. The highest BCUT2D eigenvalue weighted by atomic mass is 16.5. The molecule has 0 unspecified atom stereocenters. The maximum atomic E-state index is 12.4. The lowest BCUT2D eigenvalue weighted by molar-refractivity contribution is 0.102. The molecule has 3 rings (SSSR count). The lowest BCUT2D eigenvalue weighted by Crippen LogP contribution is -2.12. The van der Waals surface area contributed by atoms with Crippen molar-refractivity contribution >= 4 is 22.5 Å². The van der Waals surface area contributed by atoms with E-state index in [0.717, 1.165) is 33.5 Å². The molecule has 22 heavy (non-hydrogen) atoms. The Hall–Kier alpha value is -2.75. The molecular weight excluding hydrogens is 276 g/mol. The second-order valence-corrected chi connectivity index (χ2v) is 5.47. The molecular formula is C18H18N2O2. The normalized spacial score (nSPS) is 10.7. The van der Waals surface area contributed by atoms with Gasteiger partial charge in [0.1, 0.15) is 11.4 Å². The number of rotatable bonds is 3. The molecule has 3 aromatic rings. The van der Waals surface area contributed by atoms with Crippen molar-refractivity contribution in [2.45, 2.75) is 13.8 Å². The molecule has 0 atom stereocenters. The minimum atomic E-state index is -0.153. The Morgan fingerprint density at radius 2 is 1.77 bits per heavy atom. The van der Waals surface area contributed by atoms with Crippen molar-refractivity contribution in [2.24, 2.45) is 0 Å². The van der Waals surface area contributed by atoms with E-state index in [1.807, 2.05) is 50.2 Å². The molecule has 112 valence electrons. The van der Waals surface area contributed by atoms with E-state index in [2.05, 4.69) is 16.4 Å². The smallest absolute Gasteiger partial charge is 0.272 e. The minimum absolute atomic E-state index is 0.153. The number of aryl methyl sites for hydroxylation is 2. The fourth-order valence-corrected chi connectivity index (χ4v) is 2.61. The third-order valence-corrected chi connectivity index (χ3v) is 3.55. The minimum Gasteiger partial charge on any atom is -0.497 e. The van der Waals surface area contributed by atoms with Gasteiger partial charge in [-0.25, -0.2) is 0 Å². The number of fused-ring (bicyclic) bond motifs is 1. The summed E-state index contributed by atoms with van der Waals surface area (Å²) in [5.41, 5.74) is 4.49. The van der Waals surface area contributed by atoms with E-state index in [9.17, 15) is 4.79 Å². The maximum absolute atomic E-state index is 12.4. The first kappa shape index (κ1) is 14.2. The second kappa shape index (κ2) is 5.56. The Morgan fingerprint density at radius 3 is 2.45 bits per heavy atom. The van der Waals surface area contributed by atoms with Gasteiger partial charge >= 0.3 is 0 Å². The molecule has 0 saturated heterocycles. The van der Waals surface area contributed by atoms with Crippen LogP contribution < -0.4 is 10.1 Å². The molecule has 0 bridgehead atoms. The van der Waals surface area contributed by atoms with Crippen LogP contribution in [0.4, 0.5) is 5.69 Å². The summed E-state index contributed by atoms with van der Waals surface area (Å²) < 4.78 is 5.20. The second-order valence-electron chi connectivity index (χ2n) is 5.47. The molecule has 4 heteroatoms. The molecule has 0 aliphatic carbocycles. The molecule has 1 aromatic heterocycles. The zero-order valence-electron chi connectivity index (χ0n) is 12.9. The summed E-state index contributed by atoms with van der Waals surface area (Å²) in [6.45, 7) is 4.02. The van der Waals surface area contributed by atoms with E-state index in [1.165, 1.54) is 0 Å². The highest BCUT2D eigenvalue weighted by Gasteiger charge is 2.10. The van der Waals surface area contributed by atoms with E-state index in [0.29, 0.717) is 5.69 Å². The zero-order chi connectivity index (χ0) is 15.7. The first-order valence-corrected chi connectivity index (χ1v) is 7.11. The highest BCUT2D eigenvalue weighted by Crippen LogP contribution is 2.22. The number of benzene rings is 2. The molecule has 1 amide bonds. The number of hydrogen-bond acceptors (Lipinski definition) is 2. The van der Waals surface area contributed by atoms with Crippen LogP contribution in [-0.4, -0.2) is 18.0 Å². The largest absolute Gasteiger partial charge is 0.497 e. The summed E-state index contributed by atoms with van der Waals surface area (Å²) in [5.74, 6) is 0.618. The van der Waals surface area contributed by atoms with Crippen molar-refractivity contribution in [3.05, 3.63) is 59.3 Å². The summed E-state index contributed by atoms with van der Waals surface area (Å²) >= 11 is 0. The zero-order valence-corrected chi connectivity index (χ0v) is 12.9. The van der Waals surface area contributed by atoms with Gasteiger partial charge in [0.15, 0.2) is 0 Å². The van der Waals surface area contributed by atoms with Crippen LogP contribution in [0.25, 0.3) is 10.9 Å². The van der Waals surface area contributed by atoms with Crippen molar-refractivity contribution < 1.29 is 9.53 Å². The van der Waals surface area contributed by atoms with Crippen molar-refractivity contribution in [2.75, 3.05) is 12.4 Å². The monoisotopic (exact) mass is 294 g/mol. The molecule has 0 saturated carbocycles. The van der Waals surface area contributed by atoms with E-state index in [-0.39, 0.29) is 5.91 Å². The number of H-pyrrole nitrogens is 1. The van der Waals surface area contributed by atoms with Gasteiger partial charge in [0.25, 0.3) is 5.91 Å². The fourth-order valence-electron chi connectivity index (χ4n) is 2.61. The third-order valence-electron chi connectivity index (χ3n) is 3.55. The summed E-state index contributed by atoms with van der Waals surface area (Å²) in [7, 11) is 1.63. The Labute approximate surface area is 129 Å². The van der Waals surface area contributed by atoms with Gasteiger partial charge in [-0.1, -0.05) is 6.07 Å². The van der Waals surface area contributed by atoms with Gasteiger partial charge in [0.2, 0.25) is 0 Å². The number of nitrogens with one attached hydrogen (secondary N) is 2. The van der Waals surface area contributed by atoms with Crippen molar-refractivity contribution in [1.29, 1.82) is 0 Å². The number of amides is 1. The summed E-state index contributed by atoms with van der Waals surface area (Å²) in [6, 6.07) is 13.5. The summed E-state index contributed by atoms with van der Waals surface area (Å²) in [4.78, 5) is 15.5. The van der Waals surface area contributed by atoms with Crippen molar-refractivity contribution in [3.63, 3.8) is 0 Å². The Bertz CT molecular complexity index is 829. The van der Waals surface area contributed by atoms with Crippen LogP contribution in [0, 0.1) is 13.8 Å². The molecule has 0 fully saturated rings. The van der Waals surface area contributed by atoms with Crippen molar-refractivity contribution in [3.8, 4) is 5.75 Å².